The van der Waals surface area contributed by atoms with Crippen LogP contribution in [0.5, 0.6) is 0 Å². The van der Waals surface area contributed by atoms with Gasteiger partial charge >= 0.3 is 5.97 Å². The van der Waals surface area contributed by atoms with Gasteiger partial charge in [0, 0.05) is 13.6 Å². The molecule has 0 bridgehead atoms. The molecule has 5 nitrogen and oxygen atoms in total. The maximum Gasteiger partial charge on any atom is 0.307 e. The molecular weight excluding hydrogens is 340 g/mol. The van der Waals surface area contributed by atoms with Gasteiger partial charge in [0.2, 0.25) is 5.91 Å². The molecule has 3 rings (SSSR count). The molecule has 5 heteroatoms. The van der Waals surface area contributed by atoms with Crippen LogP contribution in [0.2, 0.25) is 0 Å². The summed E-state index contributed by atoms with van der Waals surface area (Å²) in [6.45, 7) is 1.46. The van der Waals surface area contributed by atoms with Gasteiger partial charge in [-0.1, -0.05) is 60.7 Å². The molecule has 0 radical (unpaired) electrons. The highest BCUT2D eigenvalue weighted by atomic mass is 16.4. The summed E-state index contributed by atoms with van der Waals surface area (Å²) in [6.07, 6.45) is 1.50. The number of benzene rings is 2. The van der Waals surface area contributed by atoms with Crippen LogP contribution in [-0.2, 0) is 9.59 Å². The Kier molecular flexibility index (Phi) is 6.24. The first-order valence-corrected chi connectivity index (χ1v) is 9.37. The zero-order valence-corrected chi connectivity index (χ0v) is 15.6. The normalized spacial score (nSPS) is 17.6. The molecule has 1 heterocycles. The third kappa shape index (κ3) is 4.74. The third-order valence-electron chi connectivity index (χ3n) is 5.22. The molecule has 1 N–H and O–H groups in total. The largest absolute Gasteiger partial charge is 0.481 e. The summed E-state index contributed by atoms with van der Waals surface area (Å²) in [5.41, 5.74) is 2.11. The minimum Gasteiger partial charge on any atom is -0.481 e. The number of carboxylic acid groups (broad SMARTS) is 1. The van der Waals surface area contributed by atoms with E-state index in [2.05, 4.69) is 0 Å². The van der Waals surface area contributed by atoms with E-state index in [9.17, 15) is 14.7 Å². The van der Waals surface area contributed by atoms with E-state index in [4.69, 9.17) is 0 Å². The van der Waals surface area contributed by atoms with Gasteiger partial charge < -0.3 is 10.0 Å². The van der Waals surface area contributed by atoms with Crippen LogP contribution in [0.25, 0.3) is 0 Å². The van der Waals surface area contributed by atoms with Crippen molar-refractivity contribution >= 4 is 11.9 Å². The molecule has 1 atom stereocenters. The zero-order valence-electron chi connectivity index (χ0n) is 15.6. The number of likely N-dealkylation sites (N-methyl/N-ethyl adjacent to an activating group) is 1. The molecule has 0 aliphatic carbocycles. The van der Waals surface area contributed by atoms with E-state index in [1.54, 1.807) is 4.90 Å². The molecule has 1 aliphatic rings. The second-order valence-electron chi connectivity index (χ2n) is 7.14. The Bertz CT molecular complexity index is 724. The van der Waals surface area contributed by atoms with Crippen molar-refractivity contribution in [3.05, 3.63) is 71.8 Å². The van der Waals surface area contributed by atoms with Gasteiger partial charge in [0.05, 0.1) is 18.5 Å². The topological polar surface area (TPSA) is 60.9 Å². The number of piperidine rings is 1. The minimum atomic E-state index is -0.771. The van der Waals surface area contributed by atoms with E-state index in [0.717, 1.165) is 24.1 Å². The van der Waals surface area contributed by atoms with Gasteiger partial charge in [-0.15, -0.1) is 0 Å². The fourth-order valence-electron chi connectivity index (χ4n) is 3.76. The predicted octanol–water partition coefficient (Wildman–Crippen LogP) is 3.03. The number of hydrogen-bond acceptors (Lipinski definition) is 3. The van der Waals surface area contributed by atoms with E-state index in [1.807, 2.05) is 72.6 Å². The number of aliphatic carboxylic acids is 1. The number of carbonyl (C=O) groups is 2. The molecule has 1 unspecified atom stereocenters. The number of hydrogen-bond donors (Lipinski definition) is 1. The highest BCUT2D eigenvalue weighted by Crippen LogP contribution is 2.28. The molecule has 0 aromatic heterocycles. The molecule has 2 aromatic rings. The van der Waals surface area contributed by atoms with Crippen molar-refractivity contribution in [3.8, 4) is 0 Å². The van der Waals surface area contributed by atoms with Crippen molar-refractivity contribution in [3.63, 3.8) is 0 Å². The van der Waals surface area contributed by atoms with Gasteiger partial charge in [0.15, 0.2) is 0 Å². The molecule has 27 heavy (non-hydrogen) atoms. The summed E-state index contributed by atoms with van der Waals surface area (Å²) in [6, 6.07) is 19.8. The molecule has 1 amide bonds. The van der Waals surface area contributed by atoms with Crippen LogP contribution in [0.1, 0.15) is 30.0 Å². The number of carbonyl (C=O) groups excluding carboxylic acids is 1. The molecule has 1 fully saturated rings. The fraction of sp³-hybridized carbons (Fsp3) is 0.364. The lowest BCUT2D eigenvalue weighted by atomic mass is 9.96. The van der Waals surface area contributed by atoms with Crippen LogP contribution in [0.3, 0.4) is 0 Å². The smallest absolute Gasteiger partial charge is 0.307 e. The lowest BCUT2D eigenvalue weighted by Crippen LogP contribution is -2.45. The van der Waals surface area contributed by atoms with Crippen LogP contribution >= 0.6 is 0 Å². The van der Waals surface area contributed by atoms with Crippen molar-refractivity contribution < 1.29 is 14.7 Å². The van der Waals surface area contributed by atoms with Crippen LogP contribution in [0.4, 0.5) is 0 Å². The van der Waals surface area contributed by atoms with Crippen LogP contribution in [0, 0.1) is 5.92 Å². The Hall–Kier alpha value is -2.66. The lowest BCUT2D eigenvalue weighted by Gasteiger charge is -2.34. The summed E-state index contributed by atoms with van der Waals surface area (Å²) in [5.74, 6) is -1.15. The first-order valence-electron chi connectivity index (χ1n) is 9.37. The Morgan fingerprint density at radius 2 is 1.63 bits per heavy atom. The average Bonchev–Trinajstić information content (AvgIpc) is 2.70. The Labute approximate surface area is 160 Å². The SMILES string of the molecule is CN(C(=O)CN1CCCC(C(=O)O)C1)C(c1ccccc1)c1ccccc1. The number of amides is 1. The quantitative estimate of drug-likeness (QED) is 0.854. The second-order valence-corrected chi connectivity index (χ2v) is 7.14. The standard InChI is InChI=1S/C22H26N2O3/c1-23(20(25)16-24-14-8-13-19(15-24)22(26)27)21(17-9-4-2-5-10-17)18-11-6-3-7-12-18/h2-7,9-12,19,21H,8,13-16H2,1H3,(H,26,27). The summed E-state index contributed by atoms with van der Waals surface area (Å²) < 4.78 is 0. The molecule has 2 aromatic carbocycles. The second kappa shape index (κ2) is 8.82. The van der Waals surface area contributed by atoms with Crippen LogP contribution in [0.15, 0.2) is 60.7 Å². The summed E-state index contributed by atoms with van der Waals surface area (Å²) in [4.78, 5) is 28.0. The monoisotopic (exact) mass is 366 g/mol. The predicted molar refractivity (Wildman–Crippen MR) is 104 cm³/mol. The van der Waals surface area contributed by atoms with Gasteiger partial charge in [-0.2, -0.15) is 0 Å². The van der Waals surface area contributed by atoms with E-state index in [0.29, 0.717) is 13.0 Å². The highest BCUT2D eigenvalue weighted by molar-refractivity contribution is 5.79. The lowest BCUT2D eigenvalue weighted by molar-refractivity contribution is -0.145. The van der Waals surface area contributed by atoms with E-state index >= 15 is 0 Å². The third-order valence-corrected chi connectivity index (χ3v) is 5.22. The maximum absolute atomic E-state index is 13.0. The van der Waals surface area contributed by atoms with Crippen molar-refractivity contribution in [2.75, 3.05) is 26.7 Å². The summed E-state index contributed by atoms with van der Waals surface area (Å²) >= 11 is 0. The Morgan fingerprint density at radius 3 is 2.15 bits per heavy atom. The van der Waals surface area contributed by atoms with Crippen molar-refractivity contribution in [2.45, 2.75) is 18.9 Å². The first-order chi connectivity index (χ1) is 13.1. The van der Waals surface area contributed by atoms with E-state index < -0.39 is 5.97 Å². The van der Waals surface area contributed by atoms with Gasteiger partial charge in [0.25, 0.3) is 0 Å². The Balaban J connectivity index is 1.76. The van der Waals surface area contributed by atoms with E-state index in [1.165, 1.54) is 0 Å². The van der Waals surface area contributed by atoms with Gasteiger partial charge in [-0.05, 0) is 30.5 Å². The van der Waals surface area contributed by atoms with E-state index in [-0.39, 0.29) is 24.4 Å². The molecular formula is C22H26N2O3. The summed E-state index contributed by atoms with van der Waals surface area (Å²) in [5, 5.41) is 9.26. The minimum absolute atomic E-state index is 0.00116. The van der Waals surface area contributed by atoms with Crippen LogP contribution < -0.4 is 0 Å². The molecule has 1 saturated heterocycles. The fourth-order valence-corrected chi connectivity index (χ4v) is 3.76. The number of likely N-dealkylation sites (tertiary alicyclic amines) is 1. The molecule has 1 aliphatic heterocycles. The zero-order chi connectivity index (χ0) is 19.2. The number of carboxylic acids is 1. The van der Waals surface area contributed by atoms with Gasteiger partial charge in [-0.25, -0.2) is 0 Å². The highest BCUT2D eigenvalue weighted by Gasteiger charge is 2.29. The number of nitrogens with zero attached hydrogens (tertiary/aromatic N) is 2. The molecule has 142 valence electrons. The Morgan fingerprint density at radius 1 is 1.07 bits per heavy atom. The number of rotatable bonds is 6. The van der Waals surface area contributed by atoms with Gasteiger partial charge in [0.1, 0.15) is 0 Å². The molecule has 0 saturated carbocycles. The van der Waals surface area contributed by atoms with Crippen LogP contribution in [-0.4, -0.2) is 53.5 Å². The average molecular weight is 366 g/mol. The van der Waals surface area contributed by atoms with Crippen molar-refractivity contribution in [1.29, 1.82) is 0 Å². The van der Waals surface area contributed by atoms with Crippen molar-refractivity contribution in [1.82, 2.24) is 9.80 Å². The van der Waals surface area contributed by atoms with Crippen molar-refractivity contribution in [2.24, 2.45) is 5.92 Å². The summed E-state index contributed by atoms with van der Waals surface area (Å²) in [7, 11) is 1.83. The van der Waals surface area contributed by atoms with Gasteiger partial charge in [-0.3, -0.25) is 14.5 Å². The molecule has 0 spiro atoms. The first kappa shape index (κ1) is 19.1. The maximum atomic E-state index is 13.0.